The first-order valence-electron chi connectivity index (χ1n) is 9.10. The highest BCUT2D eigenvalue weighted by Crippen LogP contribution is 2.44. The highest BCUT2D eigenvalue weighted by molar-refractivity contribution is 5.95. The molecule has 0 radical (unpaired) electrons. The summed E-state index contributed by atoms with van der Waals surface area (Å²) in [6, 6.07) is 14.5. The van der Waals surface area contributed by atoms with Crippen LogP contribution in [0, 0.1) is 0 Å². The summed E-state index contributed by atoms with van der Waals surface area (Å²) in [5.74, 6) is -0.926. The van der Waals surface area contributed by atoms with Gasteiger partial charge in [-0.1, -0.05) is 48.5 Å². The summed E-state index contributed by atoms with van der Waals surface area (Å²) < 4.78 is 10.5. The fraction of sp³-hybridized carbons (Fsp3) is 0.318. The lowest BCUT2D eigenvalue weighted by Crippen LogP contribution is -2.45. The Balaban J connectivity index is 1.66. The van der Waals surface area contributed by atoms with Gasteiger partial charge in [-0.15, -0.1) is 0 Å². The van der Waals surface area contributed by atoms with Gasteiger partial charge in [0, 0.05) is 5.92 Å². The van der Waals surface area contributed by atoms with E-state index in [-0.39, 0.29) is 12.5 Å². The molecule has 0 spiro atoms. The van der Waals surface area contributed by atoms with Crippen LogP contribution in [0.4, 0.5) is 4.79 Å². The second kappa shape index (κ2) is 7.84. The summed E-state index contributed by atoms with van der Waals surface area (Å²) in [6.45, 7) is 5.14. The molecule has 1 atom stereocenters. The normalized spacial score (nSPS) is 13.8. The lowest BCUT2D eigenvalue weighted by Gasteiger charge is -2.22. The minimum absolute atomic E-state index is 0.0970. The number of carbonyl (C=O) groups excluding carboxylic acids is 3. The van der Waals surface area contributed by atoms with Crippen LogP contribution in [0.25, 0.3) is 11.1 Å². The minimum Gasteiger partial charge on any atom is -0.458 e. The smallest absolute Gasteiger partial charge is 0.408 e. The highest BCUT2D eigenvalue weighted by atomic mass is 16.6. The number of fused-ring (bicyclic) bond motifs is 3. The summed E-state index contributed by atoms with van der Waals surface area (Å²) in [5.41, 5.74) is 3.63. The third kappa shape index (κ3) is 4.22. The summed E-state index contributed by atoms with van der Waals surface area (Å²) in [4.78, 5) is 35.3. The van der Waals surface area contributed by atoms with E-state index in [9.17, 15) is 14.4 Å². The molecule has 6 heteroatoms. The Morgan fingerprint density at radius 3 is 2.07 bits per heavy atom. The van der Waals surface area contributed by atoms with Gasteiger partial charge in [0.05, 0.1) is 0 Å². The Labute approximate surface area is 163 Å². The van der Waals surface area contributed by atoms with E-state index in [0.29, 0.717) is 6.29 Å². The highest BCUT2D eigenvalue weighted by Gasteiger charge is 2.30. The maximum Gasteiger partial charge on any atom is 0.408 e. The number of hydrogen-bond acceptors (Lipinski definition) is 5. The number of aldehydes is 1. The number of nitrogens with one attached hydrogen (secondary N) is 1. The van der Waals surface area contributed by atoms with Gasteiger partial charge in [0.25, 0.3) is 0 Å². The van der Waals surface area contributed by atoms with Gasteiger partial charge in [-0.3, -0.25) is 0 Å². The van der Waals surface area contributed by atoms with Crippen molar-refractivity contribution in [1.82, 2.24) is 5.32 Å². The molecule has 1 amide bonds. The first-order chi connectivity index (χ1) is 13.3. The molecule has 0 heterocycles. The molecular weight excluding hydrogens is 358 g/mol. The van der Waals surface area contributed by atoms with E-state index in [1.807, 2.05) is 48.5 Å². The SMILES string of the molecule is CC(C)(C)OC(=O)[C@H](C=O)NC(=O)OCC1c2ccccc2-c2ccccc21. The number of hydrogen-bond donors (Lipinski definition) is 1. The van der Waals surface area contributed by atoms with Crippen molar-refractivity contribution >= 4 is 18.3 Å². The maximum atomic E-state index is 12.2. The van der Waals surface area contributed by atoms with Crippen LogP contribution in [0.5, 0.6) is 0 Å². The Hall–Kier alpha value is -3.15. The largest absolute Gasteiger partial charge is 0.458 e. The van der Waals surface area contributed by atoms with Gasteiger partial charge in [-0.2, -0.15) is 0 Å². The molecule has 0 bridgehead atoms. The van der Waals surface area contributed by atoms with Crippen LogP contribution in [-0.2, 0) is 19.1 Å². The van der Waals surface area contributed by atoms with Gasteiger partial charge in [0.1, 0.15) is 12.2 Å². The molecule has 0 unspecified atom stereocenters. The average molecular weight is 381 g/mol. The Morgan fingerprint density at radius 1 is 1.04 bits per heavy atom. The lowest BCUT2D eigenvalue weighted by atomic mass is 9.98. The van der Waals surface area contributed by atoms with Gasteiger partial charge in [0.15, 0.2) is 12.3 Å². The predicted octanol–water partition coefficient (Wildman–Crippen LogP) is 3.43. The first-order valence-corrected chi connectivity index (χ1v) is 9.10. The number of esters is 1. The topological polar surface area (TPSA) is 81.7 Å². The number of ether oxygens (including phenoxy) is 2. The summed E-state index contributed by atoms with van der Waals surface area (Å²) in [5, 5.41) is 2.26. The van der Waals surface area contributed by atoms with Gasteiger partial charge in [-0.25, -0.2) is 9.59 Å². The van der Waals surface area contributed by atoms with E-state index in [0.717, 1.165) is 22.3 Å². The van der Waals surface area contributed by atoms with E-state index >= 15 is 0 Å². The molecule has 1 aliphatic rings. The zero-order valence-electron chi connectivity index (χ0n) is 16.1. The molecule has 2 aromatic carbocycles. The second-order valence-electron chi connectivity index (χ2n) is 7.62. The molecule has 28 heavy (non-hydrogen) atoms. The quantitative estimate of drug-likeness (QED) is 0.487. The van der Waals surface area contributed by atoms with Crippen LogP contribution >= 0.6 is 0 Å². The van der Waals surface area contributed by atoms with Crippen LogP contribution in [0.3, 0.4) is 0 Å². The van der Waals surface area contributed by atoms with Crippen LogP contribution in [0.1, 0.15) is 37.8 Å². The lowest BCUT2D eigenvalue weighted by molar-refractivity contribution is -0.157. The number of rotatable bonds is 5. The van der Waals surface area contributed by atoms with E-state index < -0.39 is 23.7 Å². The van der Waals surface area contributed by atoms with Crippen LogP contribution in [-0.4, -0.2) is 36.6 Å². The van der Waals surface area contributed by atoms with Crippen LogP contribution in [0.15, 0.2) is 48.5 Å². The molecule has 0 fully saturated rings. The Bertz CT molecular complexity index is 854. The molecule has 0 saturated carbocycles. The van der Waals surface area contributed by atoms with Crippen molar-refractivity contribution in [2.75, 3.05) is 6.61 Å². The third-order valence-electron chi connectivity index (χ3n) is 4.41. The number of benzene rings is 2. The van der Waals surface area contributed by atoms with Crippen molar-refractivity contribution in [1.29, 1.82) is 0 Å². The van der Waals surface area contributed by atoms with Crippen molar-refractivity contribution in [3.05, 3.63) is 59.7 Å². The molecule has 0 aromatic heterocycles. The van der Waals surface area contributed by atoms with E-state index in [1.54, 1.807) is 20.8 Å². The van der Waals surface area contributed by atoms with Crippen molar-refractivity contribution in [3.63, 3.8) is 0 Å². The Kier molecular flexibility index (Phi) is 5.49. The zero-order chi connectivity index (χ0) is 20.3. The predicted molar refractivity (Wildman–Crippen MR) is 104 cm³/mol. The standard InChI is InChI=1S/C22H23NO5/c1-22(2,3)28-20(25)19(12-24)23-21(26)27-13-18-16-10-6-4-8-14(16)15-9-5-7-11-17(15)18/h4-12,18-19H,13H2,1-3H3,(H,23,26)/t19-/m0/s1. The van der Waals surface area contributed by atoms with Crippen molar-refractivity contribution < 1.29 is 23.9 Å². The van der Waals surface area contributed by atoms with Crippen molar-refractivity contribution in [2.24, 2.45) is 0 Å². The third-order valence-corrected chi connectivity index (χ3v) is 4.41. The maximum absolute atomic E-state index is 12.2. The minimum atomic E-state index is -1.41. The van der Waals surface area contributed by atoms with Crippen molar-refractivity contribution in [3.8, 4) is 11.1 Å². The summed E-state index contributed by atoms with van der Waals surface area (Å²) >= 11 is 0. The van der Waals surface area contributed by atoms with Gasteiger partial charge in [0.2, 0.25) is 0 Å². The van der Waals surface area contributed by atoms with Gasteiger partial charge in [-0.05, 0) is 43.0 Å². The Morgan fingerprint density at radius 2 is 1.57 bits per heavy atom. The molecule has 146 valence electrons. The van der Waals surface area contributed by atoms with E-state index in [1.165, 1.54) is 0 Å². The van der Waals surface area contributed by atoms with Crippen LogP contribution < -0.4 is 5.32 Å². The summed E-state index contributed by atoms with van der Waals surface area (Å²) in [6.07, 6.45) is -0.514. The monoisotopic (exact) mass is 381 g/mol. The van der Waals surface area contributed by atoms with E-state index in [4.69, 9.17) is 9.47 Å². The van der Waals surface area contributed by atoms with Crippen molar-refractivity contribution in [2.45, 2.75) is 38.3 Å². The fourth-order valence-corrected chi connectivity index (χ4v) is 3.28. The molecule has 3 rings (SSSR count). The molecular formula is C22H23NO5. The molecule has 2 aromatic rings. The van der Waals surface area contributed by atoms with E-state index in [2.05, 4.69) is 5.32 Å². The summed E-state index contributed by atoms with van der Waals surface area (Å²) in [7, 11) is 0. The first kappa shape index (κ1) is 19.6. The fourth-order valence-electron chi connectivity index (χ4n) is 3.28. The zero-order valence-corrected chi connectivity index (χ0v) is 16.1. The number of amides is 1. The molecule has 0 aliphatic heterocycles. The molecule has 1 aliphatic carbocycles. The number of alkyl carbamates (subject to hydrolysis) is 1. The average Bonchev–Trinajstić information content (AvgIpc) is 2.97. The van der Waals surface area contributed by atoms with Gasteiger partial charge < -0.3 is 19.6 Å². The second-order valence-corrected chi connectivity index (χ2v) is 7.62. The van der Waals surface area contributed by atoms with Gasteiger partial charge >= 0.3 is 12.1 Å². The van der Waals surface area contributed by atoms with Crippen LogP contribution in [0.2, 0.25) is 0 Å². The molecule has 1 N–H and O–H groups in total. The molecule has 6 nitrogen and oxygen atoms in total. The molecule has 0 saturated heterocycles. The number of carbonyl (C=O) groups is 3.